The van der Waals surface area contributed by atoms with E-state index < -0.39 is 0 Å². The van der Waals surface area contributed by atoms with Crippen molar-refractivity contribution >= 4 is 6.09 Å². The summed E-state index contributed by atoms with van der Waals surface area (Å²) in [5.74, 6) is 0. The summed E-state index contributed by atoms with van der Waals surface area (Å²) in [6.07, 6.45) is 5.95. The highest BCUT2D eigenvalue weighted by molar-refractivity contribution is 5.69. The van der Waals surface area contributed by atoms with Gasteiger partial charge >= 0.3 is 6.09 Å². The molecule has 3 aliphatic heterocycles. The first kappa shape index (κ1) is 11.3. The Balaban J connectivity index is 1.65. The minimum Gasteiger partial charge on any atom is -0.450 e. The number of carbonyl (C=O) groups is 1. The monoisotopic (exact) mass is 238 g/mol. The minimum absolute atomic E-state index is 0.0814. The first-order valence-electron chi connectivity index (χ1n) is 6.98. The topological polar surface area (TPSA) is 32.8 Å². The molecule has 0 radical (unpaired) electrons. The zero-order chi connectivity index (χ0) is 11.8. The van der Waals surface area contributed by atoms with Crippen LogP contribution in [0.4, 0.5) is 4.79 Å². The van der Waals surface area contributed by atoms with Crippen LogP contribution in [0.25, 0.3) is 0 Å². The molecule has 2 unspecified atom stereocenters. The predicted molar refractivity (Wildman–Crippen MR) is 64.9 cm³/mol. The number of carbonyl (C=O) groups excluding carboxylic acids is 1. The van der Waals surface area contributed by atoms with Gasteiger partial charge in [-0.3, -0.25) is 0 Å². The minimum atomic E-state index is -0.0814. The van der Waals surface area contributed by atoms with Gasteiger partial charge in [-0.2, -0.15) is 0 Å². The molecule has 3 aliphatic rings. The van der Waals surface area contributed by atoms with Gasteiger partial charge < -0.3 is 14.5 Å². The van der Waals surface area contributed by atoms with Gasteiger partial charge in [-0.25, -0.2) is 4.79 Å². The molecular weight excluding hydrogens is 216 g/mol. The van der Waals surface area contributed by atoms with Crippen molar-refractivity contribution in [1.29, 1.82) is 0 Å². The van der Waals surface area contributed by atoms with Gasteiger partial charge in [0.1, 0.15) is 0 Å². The number of nitrogens with zero attached hydrogens (tertiary/aromatic N) is 2. The van der Waals surface area contributed by atoms with Gasteiger partial charge in [0.15, 0.2) is 0 Å². The van der Waals surface area contributed by atoms with Crippen LogP contribution in [0.15, 0.2) is 0 Å². The predicted octanol–water partition coefficient (Wildman–Crippen LogP) is 1.84. The molecule has 3 saturated heterocycles. The summed E-state index contributed by atoms with van der Waals surface area (Å²) in [6.45, 7) is 4.91. The number of fused-ring (bicyclic) bond motifs is 2. The van der Waals surface area contributed by atoms with Crippen LogP contribution in [0.1, 0.15) is 39.0 Å². The molecule has 0 spiro atoms. The standard InChI is InChI=1S/C13H22N2O2/c1-2-17-13(16)15-10-4-5-11(15)9-12(8-10)14-6-3-7-14/h10-12H,2-9H2,1H3. The lowest BCUT2D eigenvalue weighted by atomic mass is 9.94. The van der Waals surface area contributed by atoms with Crippen LogP contribution in [0.5, 0.6) is 0 Å². The van der Waals surface area contributed by atoms with E-state index in [4.69, 9.17) is 4.74 Å². The summed E-state index contributed by atoms with van der Waals surface area (Å²) >= 11 is 0. The van der Waals surface area contributed by atoms with Gasteiger partial charge in [0, 0.05) is 18.1 Å². The number of amides is 1. The van der Waals surface area contributed by atoms with Gasteiger partial charge in [-0.15, -0.1) is 0 Å². The molecule has 0 N–H and O–H groups in total. The van der Waals surface area contributed by atoms with Gasteiger partial charge in [0.25, 0.3) is 0 Å². The second-order valence-corrected chi connectivity index (χ2v) is 5.51. The Labute approximate surface area is 103 Å². The molecule has 0 aromatic rings. The molecule has 96 valence electrons. The van der Waals surface area contributed by atoms with Gasteiger partial charge in [-0.1, -0.05) is 0 Å². The Morgan fingerprint density at radius 1 is 1.18 bits per heavy atom. The average Bonchev–Trinajstić information content (AvgIpc) is 2.49. The molecule has 4 nitrogen and oxygen atoms in total. The molecule has 3 rings (SSSR count). The van der Waals surface area contributed by atoms with Crippen molar-refractivity contribution in [3.63, 3.8) is 0 Å². The maximum atomic E-state index is 11.9. The van der Waals surface area contributed by atoms with Crippen LogP contribution in [-0.4, -0.2) is 53.7 Å². The summed E-state index contributed by atoms with van der Waals surface area (Å²) in [6, 6.07) is 1.61. The van der Waals surface area contributed by atoms with Gasteiger partial charge in [0.05, 0.1) is 6.61 Å². The molecule has 1 amide bonds. The maximum Gasteiger partial charge on any atom is 0.410 e. The van der Waals surface area contributed by atoms with E-state index in [-0.39, 0.29) is 6.09 Å². The van der Waals surface area contributed by atoms with Crippen LogP contribution < -0.4 is 0 Å². The van der Waals surface area contributed by atoms with Crippen molar-refractivity contribution < 1.29 is 9.53 Å². The van der Waals surface area contributed by atoms with E-state index in [1.807, 2.05) is 11.8 Å². The first-order chi connectivity index (χ1) is 8.29. The number of ether oxygens (including phenoxy) is 1. The summed E-state index contributed by atoms with van der Waals surface area (Å²) in [7, 11) is 0. The Bertz CT molecular complexity index is 290. The fraction of sp³-hybridized carbons (Fsp3) is 0.923. The van der Waals surface area contributed by atoms with Crippen molar-refractivity contribution in [2.75, 3.05) is 19.7 Å². The highest BCUT2D eigenvalue weighted by Crippen LogP contribution is 2.38. The Morgan fingerprint density at radius 3 is 2.29 bits per heavy atom. The number of hydrogen-bond donors (Lipinski definition) is 0. The summed E-state index contributed by atoms with van der Waals surface area (Å²) in [5.41, 5.74) is 0. The third kappa shape index (κ3) is 1.92. The first-order valence-corrected chi connectivity index (χ1v) is 6.98. The quantitative estimate of drug-likeness (QED) is 0.736. The van der Waals surface area contributed by atoms with E-state index in [1.165, 1.54) is 32.4 Å². The van der Waals surface area contributed by atoms with Crippen LogP contribution >= 0.6 is 0 Å². The van der Waals surface area contributed by atoms with Crippen molar-refractivity contribution in [3.8, 4) is 0 Å². The van der Waals surface area contributed by atoms with E-state index in [0.717, 1.165) is 18.9 Å². The van der Waals surface area contributed by atoms with Crippen LogP contribution in [0.3, 0.4) is 0 Å². The molecule has 3 fully saturated rings. The van der Waals surface area contributed by atoms with Crippen LogP contribution in [0, 0.1) is 0 Å². The molecule has 17 heavy (non-hydrogen) atoms. The van der Waals surface area contributed by atoms with Gasteiger partial charge in [0.2, 0.25) is 0 Å². The van der Waals surface area contributed by atoms with Crippen molar-refractivity contribution in [2.24, 2.45) is 0 Å². The molecule has 3 heterocycles. The zero-order valence-electron chi connectivity index (χ0n) is 10.6. The molecule has 4 heteroatoms. The van der Waals surface area contributed by atoms with E-state index >= 15 is 0 Å². The normalized spacial score (nSPS) is 36.8. The summed E-state index contributed by atoms with van der Waals surface area (Å²) < 4.78 is 5.17. The molecule has 0 aromatic heterocycles. The lowest BCUT2D eigenvalue weighted by molar-refractivity contribution is 0.0219. The summed E-state index contributed by atoms with van der Waals surface area (Å²) in [5, 5.41) is 0. The van der Waals surface area contributed by atoms with Crippen LogP contribution in [0.2, 0.25) is 0 Å². The zero-order valence-corrected chi connectivity index (χ0v) is 10.6. The van der Waals surface area contributed by atoms with Crippen LogP contribution in [-0.2, 0) is 4.74 Å². The molecule has 2 bridgehead atoms. The van der Waals surface area contributed by atoms with Gasteiger partial charge in [-0.05, 0) is 52.1 Å². The average molecular weight is 238 g/mol. The fourth-order valence-corrected chi connectivity index (χ4v) is 3.65. The smallest absolute Gasteiger partial charge is 0.410 e. The number of hydrogen-bond acceptors (Lipinski definition) is 3. The van der Waals surface area contributed by atoms with E-state index in [1.54, 1.807) is 0 Å². The third-order valence-electron chi connectivity index (χ3n) is 4.59. The molecule has 0 saturated carbocycles. The number of likely N-dealkylation sites (tertiary alicyclic amines) is 1. The van der Waals surface area contributed by atoms with E-state index in [2.05, 4.69) is 4.90 Å². The van der Waals surface area contributed by atoms with Crippen molar-refractivity contribution in [1.82, 2.24) is 9.80 Å². The molecular formula is C13H22N2O2. The highest BCUT2D eigenvalue weighted by atomic mass is 16.6. The van der Waals surface area contributed by atoms with Crippen molar-refractivity contribution in [3.05, 3.63) is 0 Å². The van der Waals surface area contributed by atoms with E-state index in [9.17, 15) is 4.79 Å². The lowest BCUT2D eigenvalue weighted by Crippen LogP contribution is -2.55. The third-order valence-corrected chi connectivity index (χ3v) is 4.59. The Hall–Kier alpha value is -0.770. The van der Waals surface area contributed by atoms with Crippen molar-refractivity contribution in [2.45, 2.75) is 57.2 Å². The number of rotatable bonds is 2. The second kappa shape index (κ2) is 4.48. The lowest BCUT2D eigenvalue weighted by Gasteiger charge is -2.46. The Morgan fingerprint density at radius 2 is 1.82 bits per heavy atom. The second-order valence-electron chi connectivity index (χ2n) is 5.51. The number of piperidine rings is 1. The largest absolute Gasteiger partial charge is 0.450 e. The fourth-order valence-electron chi connectivity index (χ4n) is 3.65. The highest BCUT2D eigenvalue weighted by Gasteiger charge is 2.45. The maximum absolute atomic E-state index is 11.9. The SMILES string of the molecule is CCOC(=O)N1C2CCC1CC(N1CCC1)C2. The molecule has 0 aromatic carbocycles. The molecule has 0 aliphatic carbocycles. The van der Waals surface area contributed by atoms with E-state index in [0.29, 0.717) is 18.7 Å². The Kier molecular flexibility index (Phi) is 2.99. The summed E-state index contributed by atoms with van der Waals surface area (Å²) in [4.78, 5) is 16.5. The molecule has 2 atom stereocenters.